The molecule has 1 spiro atoms. The third-order valence-electron chi connectivity index (χ3n) is 3.17. The zero-order chi connectivity index (χ0) is 9.15. The van der Waals surface area contributed by atoms with Crippen molar-refractivity contribution < 1.29 is 9.47 Å². The van der Waals surface area contributed by atoms with E-state index >= 15 is 0 Å². The van der Waals surface area contributed by atoms with Crippen LogP contribution in [-0.4, -0.2) is 25.5 Å². The van der Waals surface area contributed by atoms with Crippen LogP contribution >= 0.6 is 0 Å². The number of rotatable bonds is 1. The van der Waals surface area contributed by atoms with E-state index < -0.39 is 0 Å². The fraction of sp³-hybridized carbons (Fsp3) is 1.00. The highest BCUT2D eigenvalue weighted by Gasteiger charge is 2.39. The molecular formula is C10H19NO2. The van der Waals surface area contributed by atoms with Crippen LogP contribution in [0.25, 0.3) is 0 Å². The maximum absolute atomic E-state index is 5.72. The molecule has 1 saturated heterocycles. The van der Waals surface area contributed by atoms with Crippen LogP contribution in [0.3, 0.4) is 0 Å². The Balaban J connectivity index is 2.00. The molecule has 2 aliphatic rings. The summed E-state index contributed by atoms with van der Waals surface area (Å²) < 4.78 is 11.4. The second-order valence-electron chi connectivity index (χ2n) is 4.16. The molecule has 1 heterocycles. The molecule has 1 atom stereocenters. The maximum atomic E-state index is 5.72. The Morgan fingerprint density at radius 2 is 2.00 bits per heavy atom. The van der Waals surface area contributed by atoms with Crippen LogP contribution in [0.15, 0.2) is 0 Å². The molecule has 13 heavy (non-hydrogen) atoms. The Morgan fingerprint density at radius 1 is 1.23 bits per heavy atom. The highest BCUT2D eigenvalue weighted by molar-refractivity contribution is 4.81. The summed E-state index contributed by atoms with van der Waals surface area (Å²) in [6, 6.07) is 0. The van der Waals surface area contributed by atoms with Gasteiger partial charge in [0.15, 0.2) is 5.79 Å². The topological polar surface area (TPSA) is 44.5 Å². The number of ether oxygens (including phenoxy) is 2. The van der Waals surface area contributed by atoms with Gasteiger partial charge in [-0.15, -0.1) is 0 Å². The van der Waals surface area contributed by atoms with Crippen LogP contribution in [0.2, 0.25) is 0 Å². The minimum absolute atomic E-state index is 0.249. The highest BCUT2D eigenvalue weighted by atomic mass is 16.7. The molecule has 1 saturated carbocycles. The molecular weight excluding hydrogens is 166 g/mol. The van der Waals surface area contributed by atoms with E-state index in [1.54, 1.807) is 0 Å². The molecule has 1 unspecified atom stereocenters. The minimum Gasteiger partial charge on any atom is -0.348 e. The second kappa shape index (κ2) is 3.95. The molecule has 0 radical (unpaired) electrons. The zero-order valence-corrected chi connectivity index (χ0v) is 8.13. The van der Waals surface area contributed by atoms with E-state index in [9.17, 15) is 0 Å². The van der Waals surface area contributed by atoms with E-state index in [2.05, 4.69) is 0 Å². The summed E-state index contributed by atoms with van der Waals surface area (Å²) in [4.78, 5) is 0. The van der Waals surface area contributed by atoms with Gasteiger partial charge in [-0.3, -0.25) is 0 Å². The van der Waals surface area contributed by atoms with Gasteiger partial charge >= 0.3 is 0 Å². The van der Waals surface area contributed by atoms with Crippen LogP contribution in [0, 0.1) is 5.92 Å². The molecule has 0 amide bonds. The normalized spacial score (nSPS) is 33.5. The van der Waals surface area contributed by atoms with Crippen molar-refractivity contribution in [3.63, 3.8) is 0 Å². The van der Waals surface area contributed by atoms with Crippen molar-refractivity contribution in [3.05, 3.63) is 0 Å². The maximum Gasteiger partial charge on any atom is 0.168 e. The number of hydrogen-bond donors (Lipinski definition) is 1. The number of hydrogen-bond acceptors (Lipinski definition) is 3. The Kier molecular flexibility index (Phi) is 2.86. The summed E-state index contributed by atoms with van der Waals surface area (Å²) in [6.45, 7) is 2.29. The van der Waals surface area contributed by atoms with E-state index in [0.717, 1.165) is 32.6 Å². The largest absolute Gasteiger partial charge is 0.348 e. The molecule has 3 nitrogen and oxygen atoms in total. The summed E-state index contributed by atoms with van der Waals surface area (Å²) in [5.41, 5.74) is 5.71. The molecule has 76 valence electrons. The second-order valence-corrected chi connectivity index (χ2v) is 4.16. The molecule has 2 rings (SSSR count). The SMILES string of the molecule is NCC1CCCCC2(C1)OCCO2. The standard InChI is InChI=1S/C10H19NO2/c11-8-9-3-1-2-4-10(7-9)12-5-6-13-10/h9H,1-8,11H2. The first-order chi connectivity index (χ1) is 6.35. The van der Waals surface area contributed by atoms with Crippen molar-refractivity contribution >= 4 is 0 Å². The summed E-state index contributed by atoms with van der Waals surface area (Å²) in [6.07, 6.45) is 5.80. The molecule has 0 bridgehead atoms. The molecule has 0 aromatic heterocycles. The first kappa shape index (κ1) is 9.44. The highest BCUT2D eigenvalue weighted by Crippen LogP contribution is 2.36. The molecule has 0 aromatic rings. The Labute approximate surface area is 79.6 Å². The zero-order valence-electron chi connectivity index (χ0n) is 8.13. The van der Waals surface area contributed by atoms with Crippen molar-refractivity contribution in [2.75, 3.05) is 19.8 Å². The lowest BCUT2D eigenvalue weighted by Gasteiger charge is -2.28. The quantitative estimate of drug-likeness (QED) is 0.669. The average Bonchev–Trinajstić information content (AvgIpc) is 2.48. The van der Waals surface area contributed by atoms with Crippen LogP contribution in [0.4, 0.5) is 0 Å². The molecule has 1 aliphatic heterocycles. The van der Waals surface area contributed by atoms with Crippen LogP contribution in [0.5, 0.6) is 0 Å². The molecule has 2 N–H and O–H groups in total. The van der Waals surface area contributed by atoms with Gasteiger partial charge in [0.2, 0.25) is 0 Å². The lowest BCUT2D eigenvalue weighted by molar-refractivity contribution is -0.170. The lowest BCUT2D eigenvalue weighted by atomic mass is 9.97. The van der Waals surface area contributed by atoms with Crippen molar-refractivity contribution in [2.45, 2.75) is 37.9 Å². The third kappa shape index (κ3) is 2.03. The Hall–Kier alpha value is -0.120. The first-order valence-corrected chi connectivity index (χ1v) is 5.33. The van der Waals surface area contributed by atoms with Crippen molar-refractivity contribution in [1.29, 1.82) is 0 Å². The van der Waals surface area contributed by atoms with E-state index in [1.807, 2.05) is 0 Å². The van der Waals surface area contributed by atoms with Crippen LogP contribution < -0.4 is 5.73 Å². The fourth-order valence-electron chi connectivity index (χ4n) is 2.43. The molecule has 0 aromatic carbocycles. The average molecular weight is 185 g/mol. The Morgan fingerprint density at radius 3 is 2.69 bits per heavy atom. The van der Waals surface area contributed by atoms with E-state index in [0.29, 0.717) is 5.92 Å². The van der Waals surface area contributed by atoms with Crippen LogP contribution in [-0.2, 0) is 9.47 Å². The minimum atomic E-state index is -0.249. The van der Waals surface area contributed by atoms with E-state index in [1.165, 1.54) is 19.3 Å². The van der Waals surface area contributed by atoms with Gasteiger partial charge in [0.05, 0.1) is 13.2 Å². The summed E-state index contributed by atoms with van der Waals surface area (Å²) >= 11 is 0. The van der Waals surface area contributed by atoms with Gasteiger partial charge < -0.3 is 15.2 Å². The van der Waals surface area contributed by atoms with Crippen molar-refractivity contribution in [2.24, 2.45) is 11.7 Å². The van der Waals surface area contributed by atoms with Gasteiger partial charge in [0.1, 0.15) is 0 Å². The van der Waals surface area contributed by atoms with E-state index in [-0.39, 0.29) is 5.79 Å². The van der Waals surface area contributed by atoms with Gasteiger partial charge in [-0.2, -0.15) is 0 Å². The van der Waals surface area contributed by atoms with E-state index in [4.69, 9.17) is 15.2 Å². The smallest absolute Gasteiger partial charge is 0.168 e. The summed E-state index contributed by atoms with van der Waals surface area (Å²) in [5.74, 6) is 0.348. The summed E-state index contributed by atoms with van der Waals surface area (Å²) in [5, 5.41) is 0. The van der Waals surface area contributed by atoms with Gasteiger partial charge in [0.25, 0.3) is 0 Å². The predicted molar refractivity (Wildman–Crippen MR) is 50.3 cm³/mol. The van der Waals surface area contributed by atoms with Gasteiger partial charge in [-0.05, 0) is 25.3 Å². The number of nitrogens with two attached hydrogens (primary N) is 1. The predicted octanol–water partition coefficient (Wildman–Crippen LogP) is 1.27. The lowest BCUT2D eigenvalue weighted by Crippen LogP contribution is -2.33. The third-order valence-corrected chi connectivity index (χ3v) is 3.17. The first-order valence-electron chi connectivity index (χ1n) is 5.33. The summed E-state index contributed by atoms with van der Waals surface area (Å²) in [7, 11) is 0. The van der Waals surface area contributed by atoms with Gasteiger partial charge in [-0.1, -0.05) is 6.42 Å². The monoisotopic (exact) mass is 185 g/mol. The van der Waals surface area contributed by atoms with Gasteiger partial charge in [0, 0.05) is 12.8 Å². The molecule has 1 aliphatic carbocycles. The van der Waals surface area contributed by atoms with Crippen molar-refractivity contribution in [1.82, 2.24) is 0 Å². The van der Waals surface area contributed by atoms with Gasteiger partial charge in [-0.25, -0.2) is 0 Å². The van der Waals surface area contributed by atoms with Crippen LogP contribution in [0.1, 0.15) is 32.1 Å². The molecule has 3 heteroatoms. The molecule has 2 fully saturated rings. The Bertz CT molecular complexity index is 166. The van der Waals surface area contributed by atoms with Crippen molar-refractivity contribution in [3.8, 4) is 0 Å². The fourth-order valence-corrected chi connectivity index (χ4v) is 2.43.